The van der Waals surface area contributed by atoms with Gasteiger partial charge in [0.2, 0.25) is 0 Å². The van der Waals surface area contributed by atoms with Gasteiger partial charge < -0.3 is 14.8 Å². The van der Waals surface area contributed by atoms with Crippen molar-refractivity contribution in [1.82, 2.24) is 19.8 Å². The van der Waals surface area contributed by atoms with Crippen LogP contribution < -0.4 is 5.32 Å². The largest absolute Gasteiger partial charge is 0.356 e. The zero-order chi connectivity index (χ0) is 19.2. The van der Waals surface area contributed by atoms with E-state index in [0.29, 0.717) is 0 Å². The molecule has 0 aliphatic heterocycles. The lowest BCUT2D eigenvalue weighted by molar-refractivity contribution is 0.462. The summed E-state index contributed by atoms with van der Waals surface area (Å²) >= 11 is 1.70. The second-order valence-electron chi connectivity index (χ2n) is 6.70. The summed E-state index contributed by atoms with van der Waals surface area (Å²) in [6.45, 7) is 3.73. The van der Waals surface area contributed by atoms with Crippen molar-refractivity contribution in [2.24, 2.45) is 12.0 Å². The van der Waals surface area contributed by atoms with Gasteiger partial charge in [0.05, 0.1) is 12.2 Å². The number of hydrogen-bond donors (Lipinski definition) is 1. The molecular weight excluding hydrogens is 481 g/mol. The molecule has 3 rings (SSSR count). The normalized spacial score (nSPS) is 11.2. The molecule has 1 aromatic carbocycles. The Hall–Kier alpha value is -1.87. The van der Waals surface area contributed by atoms with E-state index in [1.807, 2.05) is 7.05 Å². The maximum absolute atomic E-state index is 4.77. The van der Waals surface area contributed by atoms with Gasteiger partial charge in [0.1, 0.15) is 5.01 Å². The van der Waals surface area contributed by atoms with Gasteiger partial charge in [0.15, 0.2) is 5.96 Å². The number of nitrogens with one attached hydrogen (secondary N) is 1. The van der Waals surface area contributed by atoms with Crippen LogP contribution in [0.25, 0.3) is 10.6 Å². The van der Waals surface area contributed by atoms with Crippen molar-refractivity contribution in [2.45, 2.75) is 19.9 Å². The van der Waals surface area contributed by atoms with Gasteiger partial charge in [-0.05, 0) is 19.1 Å². The molecule has 150 valence electrons. The van der Waals surface area contributed by atoms with Crippen molar-refractivity contribution in [3.05, 3.63) is 64.9 Å². The van der Waals surface area contributed by atoms with Crippen LogP contribution in [-0.4, -0.2) is 41.1 Å². The van der Waals surface area contributed by atoms with Gasteiger partial charge in [-0.1, -0.05) is 29.8 Å². The molecule has 0 bridgehead atoms. The van der Waals surface area contributed by atoms with Gasteiger partial charge in [-0.25, -0.2) is 4.98 Å². The van der Waals surface area contributed by atoms with Crippen molar-refractivity contribution < 1.29 is 0 Å². The maximum Gasteiger partial charge on any atom is 0.193 e. The minimum atomic E-state index is 0. The van der Waals surface area contributed by atoms with Gasteiger partial charge in [-0.3, -0.25) is 4.99 Å². The van der Waals surface area contributed by atoms with Crippen LogP contribution >= 0.6 is 35.3 Å². The highest BCUT2D eigenvalue weighted by molar-refractivity contribution is 14.0. The molecule has 28 heavy (non-hydrogen) atoms. The van der Waals surface area contributed by atoms with Crippen LogP contribution in [0, 0.1) is 6.92 Å². The third-order valence-electron chi connectivity index (χ3n) is 4.54. The first-order chi connectivity index (χ1) is 13.1. The van der Waals surface area contributed by atoms with Crippen LogP contribution in [0.2, 0.25) is 0 Å². The van der Waals surface area contributed by atoms with Crippen molar-refractivity contribution in [1.29, 1.82) is 0 Å². The van der Waals surface area contributed by atoms with Gasteiger partial charge in [0, 0.05) is 56.9 Å². The predicted octanol–water partition coefficient (Wildman–Crippen LogP) is 4.32. The SMILES string of the molecule is CN=C(NCCc1csc(-c2ccc(C)cc2)n1)N(C)Cc1cccn1C.I. The Kier molecular flexibility index (Phi) is 8.50. The second-order valence-corrected chi connectivity index (χ2v) is 7.56. The molecule has 0 atom stereocenters. The van der Waals surface area contributed by atoms with Gasteiger partial charge in [0.25, 0.3) is 0 Å². The zero-order valence-electron chi connectivity index (χ0n) is 16.8. The van der Waals surface area contributed by atoms with Crippen LogP contribution in [-0.2, 0) is 20.0 Å². The molecule has 0 saturated heterocycles. The fourth-order valence-corrected chi connectivity index (χ4v) is 3.78. The predicted molar refractivity (Wildman–Crippen MR) is 130 cm³/mol. The van der Waals surface area contributed by atoms with Crippen LogP contribution in [0.3, 0.4) is 0 Å². The van der Waals surface area contributed by atoms with Crippen LogP contribution in [0.5, 0.6) is 0 Å². The Bertz CT molecular complexity index is 898. The molecule has 5 nitrogen and oxygen atoms in total. The number of aliphatic imine (C=N–C) groups is 1. The molecule has 0 saturated carbocycles. The Morgan fingerprint density at radius 3 is 2.64 bits per heavy atom. The number of guanidine groups is 1. The molecule has 0 aliphatic rings. The lowest BCUT2D eigenvalue weighted by Crippen LogP contribution is -2.39. The maximum atomic E-state index is 4.77. The monoisotopic (exact) mass is 509 g/mol. The number of rotatable bonds is 6. The highest BCUT2D eigenvalue weighted by Crippen LogP contribution is 2.24. The quantitative estimate of drug-likeness (QED) is 0.306. The summed E-state index contributed by atoms with van der Waals surface area (Å²) in [5, 5.41) is 6.66. The third kappa shape index (κ3) is 5.81. The third-order valence-corrected chi connectivity index (χ3v) is 5.48. The summed E-state index contributed by atoms with van der Waals surface area (Å²) in [7, 11) is 5.94. The molecule has 0 aliphatic carbocycles. The smallest absolute Gasteiger partial charge is 0.193 e. The summed E-state index contributed by atoms with van der Waals surface area (Å²) in [5.74, 6) is 0.894. The van der Waals surface area contributed by atoms with E-state index >= 15 is 0 Å². The molecule has 3 aromatic rings. The fraction of sp³-hybridized carbons (Fsp3) is 0.333. The van der Waals surface area contributed by atoms with Crippen molar-refractivity contribution in [2.75, 3.05) is 20.6 Å². The van der Waals surface area contributed by atoms with E-state index < -0.39 is 0 Å². The van der Waals surface area contributed by atoms with Crippen LogP contribution in [0.1, 0.15) is 17.0 Å². The highest BCUT2D eigenvalue weighted by atomic mass is 127. The van der Waals surface area contributed by atoms with Gasteiger partial charge >= 0.3 is 0 Å². The number of benzene rings is 1. The first-order valence-electron chi connectivity index (χ1n) is 9.10. The average molecular weight is 509 g/mol. The standard InChI is InChI=1S/C21H27N5S.HI/c1-16-7-9-17(10-8-16)20-24-18(15-27-20)11-12-23-21(22-2)26(4)14-19-6-5-13-25(19)3;/h5-10,13,15H,11-12,14H2,1-4H3,(H,22,23);1H. The molecule has 0 fully saturated rings. The first-order valence-corrected chi connectivity index (χ1v) is 9.98. The second kappa shape index (κ2) is 10.6. The zero-order valence-corrected chi connectivity index (χ0v) is 20.0. The van der Waals surface area contributed by atoms with E-state index in [2.05, 4.69) is 88.8 Å². The molecule has 2 aromatic heterocycles. The Labute approximate surface area is 188 Å². The van der Waals surface area contributed by atoms with E-state index in [9.17, 15) is 0 Å². The van der Waals surface area contributed by atoms with Crippen molar-refractivity contribution >= 4 is 41.3 Å². The lowest BCUT2D eigenvalue weighted by Gasteiger charge is -2.22. The Morgan fingerprint density at radius 1 is 1.25 bits per heavy atom. The van der Waals surface area contributed by atoms with E-state index in [-0.39, 0.29) is 24.0 Å². The topological polar surface area (TPSA) is 45.5 Å². The van der Waals surface area contributed by atoms with E-state index in [0.717, 1.165) is 36.2 Å². The van der Waals surface area contributed by atoms with E-state index in [1.165, 1.54) is 16.8 Å². The van der Waals surface area contributed by atoms with Gasteiger partial charge in [-0.2, -0.15) is 0 Å². The summed E-state index contributed by atoms with van der Waals surface area (Å²) in [6.07, 6.45) is 2.94. The minimum Gasteiger partial charge on any atom is -0.356 e. The minimum absolute atomic E-state index is 0. The summed E-state index contributed by atoms with van der Waals surface area (Å²) in [4.78, 5) is 11.3. The van der Waals surface area contributed by atoms with Crippen molar-refractivity contribution in [3.8, 4) is 10.6 Å². The van der Waals surface area contributed by atoms with E-state index in [1.54, 1.807) is 11.3 Å². The number of hydrogen-bond acceptors (Lipinski definition) is 3. The Morgan fingerprint density at radius 2 is 2.00 bits per heavy atom. The molecule has 2 heterocycles. The molecule has 0 amide bonds. The molecule has 7 heteroatoms. The number of aromatic nitrogens is 2. The number of halogens is 1. The number of thiazole rings is 1. The summed E-state index contributed by atoms with van der Waals surface area (Å²) in [5.41, 5.74) is 4.82. The molecule has 0 radical (unpaired) electrons. The molecular formula is C21H28IN5S. The lowest BCUT2D eigenvalue weighted by atomic mass is 10.2. The van der Waals surface area contributed by atoms with Gasteiger partial charge in [-0.15, -0.1) is 35.3 Å². The number of aryl methyl sites for hydroxylation is 2. The van der Waals surface area contributed by atoms with Crippen LogP contribution in [0.4, 0.5) is 0 Å². The number of nitrogens with zero attached hydrogens (tertiary/aromatic N) is 4. The molecule has 0 unspecified atom stereocenters. The fourth-order valence-electron chi connectivity index (χ4n) is 2.92. The highest BCUT2D eigenvalue weighted by Gasteiger charge is 2.09. The van der Waals surface area contributed by atoms with Crippen molar-refractivity contribution in [3.63, 3.8) is 0 Å². The van der Waals surface area contributed by atoms with E-state index in [4.69, 9.17) is 4.98 Å². The first kappa shape index (κ1) is 22.4. The molecule has 1 N–H and O–H groups in total. The average Bonchev–Trinajstić information content (AvgIpc) is 3.29. The Balaban J connectivity index is 0.00000280. The van der Waals surface area contributed by atoms with Crippen LogP contribution in [0.15, 0.2) is 53.0 Å². The summed E-state index contributed by atoms with van der Waals surface area (Å²) < 4.78 is 2.13. The molecule has 0 spiro atoms. The summed E-state index contributed by atoms with van der Waals surface area (Å²) in [6, 6.07) is 12.7.